The van der Waals surface area contributed by atoms with Crippen molar-refractivity contribution in [1.29, 1.82) is 0 Å². The quantitative estimate of drug-likeness (QED) is 0.715. The van der Waals surface area contributed by atoms with Crippen LogP contribution in [-0.2, 0) is 0 Å². The Bertz CT molecular complexity index is 490. The molecule has 0 unspecified atom stereocenters. The first-order chi connectivity index (χ1) is 7.18. The highest BCUT2D eigenvalue weighted by molar-refractivity contribution is 5.71. The number of anilines is 1. The van der Waals surface area contributed by atoms with Crippen LogP contribution < -0.4 is 5.73 Å². The maximum atomic E-state index is 5.73. The van der Waals surface area contributed by atoms with Crippen LogP contribution in [0.25, 0.3) is 11.1 Å². The highest BCUT2D eigenvalue weighted by Gasteiger charge is 2.04. The van der Waals surface area contributed by atoms with Gasteiger partial charge in [0, 0.05) is 18.1 Å². The van der Waals surface area contributed by atoms with Gasteiger partial charge in [-0.25, -0.2) is 0 Å². The third-order valence-corrected chi connectivity index (χ3v) is 2.56. The van der Waals surface area contributed by atoms with E-state index in [4.69, 9.17) is 5.73 Å². The number of pyridine rings is 1. The lowest BCUT2D eigenvalue weighted by molar-refractivity contribution is 1.26. The van der Waals surface area contributed by atoms with Crippen LogP contribution in [-0.4, -0.2) is 4.98 Å². The lowest BCUT2D eigenvalue weighted by Gasteiger charge is -2.09. The molecule has 0 fully saturated rings. The summed E-state index contributed by atoms with van der Waals surface area (Å²) >= 11 is 0. The molecule has 0 aliphatic carbocycles. The molecule has 0 saturated heterocycles. The molecule has 1 aromatic heterocycles. The number of nitrogen functional groups attached to an aromatic ring is 1. The minimum atomic E-state index is 0.808. The molecule has 2 rings (SSSR count). The van der Waals surface area contributed by atoms with Crippen LogP contribution in [0.5, 0.6) is 0 Å². The van der Waals surface area contributed by atoms with Crippen molar-refractivity contribution in [2.45, 2.75) is 13.8 Å². The summed E-state index contributed by atoms with van der Waals surface area (Å²) in [6.45, 7) is 4.14. The van der Waals surface area contributed by atoms with Crippen molar-refractivity contribution in [2.24, 2.45) is 0 Å². The summed E-state index contributed by atoms with van der Waals surface area (Å²) in [5, 5.41) is 0. The van der Waals surface area contributed by atoms with Gasteiger partial charge in [0.1, 0.15) is 0 Å². The van der Waals surface area contributed by atoms with Crippen molar-refractivity contribution in [3.63, 3.8) is 0 Å². The predicted octanol–water partition coefficient (Wildman–Crippen LogP) is 2.95. The summed E-state index contributed by atoms with van der Waals surface area (Å²) in [6.07, 6.45) is 3.70. The van der Waals surface area contributed by atoms with E-state index in [0.29, 0.717) is 0 Å². The van der Waals surface area contributed by atoms with Crippen molar-refractivity contribution >= 4 is 5.69 Å². The molecule has 76 valence electrons. The predicted molar refractivity (Wildman–Crippen MR) is 63.6 cm³/mol. The minimum Gasteiger partial charge on any atom is -0.399 e. The Kier molecular flexibility index (Phi) is 2.42. The van der Waals surface area contributed by atoms with Crippen LogP contribution in [0.1, 0.15) is 11.1 Å². The van der Waals surface area contributed by atoms with E-state index in [-0.39, 0.29) is 0 Å². The molecule has 1 aromatic carbocycles. The Morgan fingerprint density at radius 3 is 2.40 bits per heavy atom. The van der Waals surface area contributed by atoms with Gasteiger partial charge in [-0.15, -0.1) is 0 Å². The Morgan fingerprint density at radius 1 is 1.00 bits per heavy atom. The van der Waals surface area contributed by atoms with Gasteiger partial charge in [0.25, 0.3) is 0 Å². The van der Waals surface area contributed by atoms with Crippen molar-refractivity contribution < 1.29 is 0 Å². The first-order valence-electron chi connectivity index (χ1n) is 4.95. The van der Waals surface area contributed by atoms with Crippen molar-refractivity contribution in [2.75, 3.05) is 5.73 Å². The van der Waals surface area contributed by atoms with E-state index < -0.39 is 0 Å². The van der Waals surface area contributed by atoms with Gasteiger partial charge in [-0.2, -0.15) is 0 Å². The Hall–Kier alpha value is -1.83. The van der Waals surface area contributed by atoms with Gasteiger partial charge in [0.2, 0.25) is 0 Å². The fourth-order valence-corrected chi connectivity index (χ4v) is 1.76. The van der Waals surface area contributed by atoms with Crippen LogP contribution in [0, 0.1) is 13.8 Å². The van der Waals surface area contributed by atoms with Crippen LogP contribution in [0.15, 0.2) is 36.7 Å². The normalized spacial score (nSPS) is 10.3. The van der Waals surface area contributed by atoms with Crippen molar-refractivity contribution in [3.8, 4) is 11.1 Å². The first-order valence-corrected chi connectivity index (χ1v) is 4.95. The average molecular weight is 198 g/mol. The maximum Gasteiger partial charge on any atom is 0.0317 e. The lowest BCUT2D eigenvalue weighted by Crippen LogP contribution is -1.90. The van der Waals surface area contributed by atoms with Gasteiger partial charge < -0.3 is 5.73 Å². The second-order valence-corrected chi connectivity index (χ2v) is 3.76. The molecule has 0 atom stereocenters. The fraction of sp³-hybridized carbons (Fsp3) is 0.154. The summed E-state index contributed by atoms with van der Waals surface area (Å²) in [4.78, 5) is 4.09. The van der Waals surface area contributed by atoms with Crippen molar-refractivity contribution in [3.05, 3.63) is 47.8 Å². The number of hydrogen-bond donors (Lipinski definition) is 1. The summed E-state index contributed by atoms with van der Waals surface area (Å²) in [6, 6.07) is 8.03. The summed E-state index contributed by atoms with van der Waals surface area (Å²) in [5.74, 6) is 0. The van der Waals surface area contributed by atoms with E-state index in [2.05, 4.69) is 24.9 Å². The van der Waals surface area contributed by atoms with E-state index in [9.17, 15) is 0 Å². The second kappa shape index (κ2) is 3.73. The zero-order chi connectivity index (χ0) is 10.8. The van der Waals surface area contributed by atoms with Gasteiger partial charge in [-0.1, -0.05) is 6.07 Å². The molecule has 0 aliphatic heterocycles. The van der Waals surface area contributed by atoms with E-state index in [1.165, 1.54) is 22.3 Å². The molecule has 0 radical (unpaired) electrons. The number of hydrogen-bond acceptors (Lipinski definition) is 2. The maximum absolute atomic E-state index is 5.73. The Balaban J connectivity index is 2.60. The number of aryl methyl sites for hydroxylation is 2. The molecular formula is C13H14N2. The molecular weight excluding hydrogens is 184 g/mol. The molecule has 0 bridgehead atoms. The standard InChI is InChI=1S/C13H14N2/c1-9-7-11(14)3-4-12(9)13-5-6-15-8-10(13)2/h3-8H,14H2,1-2H3. The second-order valence-electron chi connectivity index (χ2n) is 3.76. The van der Waals surface area contributed by atoms with Crippen LogP contribution >= 0.6 is 0 Å². The molecule has 2 heteroatoms. The van der Waals surface area contributed by atoms with Gasteiger partial charge in [0.15, 0.2) is 0 Å². The van der Waals surface area contributed by atoms with Crippen LogP contribution in [0.3, 0.4) is 0 Å². The minimum absolute atomic E-state index is 0.808. The molecule has 2 nitrogen and oxygen atoms in total. The highest BCUT2D eigenvalue weighted by Crippen LogP contribution is 2.26. The van der Waals surface area contributed by atoms with Gasteiger partial charge in [0.05, 0.1) is 0 Å². The summed E-state index contributed by atoms with van der Waals surface area (Å²) < 4.78 is 0. The number of aromatic nitrogens is 1. The lowest BCUT2D eigenvalue weighted by atomic mass is 9.98. The molecule has 2 aromatic rings. The number of nitrogens with two attached hydrogens (primary N) is 1. The highest BCUT2D eigenvalue weighted by atomic mass is 14.6. The van der Waals surface area contributed by atoms with E-state index in [1.807, 2.05) is 30.6 Å². The zero-order valence-electron chi connectivity index (χ0n) is 8.99. The summed E-state index contributed by atoms with van der Waals surface area (Å²) in [5.41, 5.74) is 11.4. The first kappa shape index (κ1) is 9.71. The van der Waals surface area contributed by atoms with Crippen LogP contribution in [0.4, 0.5) is 5.69 Å². The monoisotopic (exact) mass is 198 g/mol. The fourth-order valence-electron chi connectivity index (χ4n) is 1.76. The molecule has 1 heterocycles. The van der Waals surface area contributed by atoms with E-state index >= 15 is 0 Å². The zero-order valence-corrected chi connectivity index (χ0v) is 8.99. The summed E-state index contributed by atoms with van der Waals surface area (Å²) in [7, 11) is 0. The van der Waals surface area contributed by atoms with Crippen molar-refractivity contribution in [1.82, 2.24) is 4.98 Å². The number of nitrogens with zero attached hydrogens (tertiary/aromatic N) is 1. The van der Waals surface area contributed by atoms with Crippen LogP contribution in [0.2, 0.25) is 0 Å². The van der Waals surface area contributed by atoms with Gasteiger partial charge in [-0.3, -0.25) is 4.98 Å². The molecule has 0 saturated carbocycles. The smallest absolute Gasteiger partial charge is 0.0317 e. The third kappa shape index (κ3) is 1.84. The van der Waals surface area contributed by atoms with Gasteiger partial charge in [-0.05, 0) is 54.3 Å². The van der Waals surface area contributed by atoms with E-state index in [1.54, 1.807) is 0 Å². The Morgan fingerprint density at radius 2 is 1.73 bits per heavy atom. The largest absolute Gasteiger partial charge is 0.399 e. The van der Waals surface area contributed by atoms with E-state index in [0.717, 1.165) is 5.69 Å². The topological polar surface area (TPSA) is 38.9 Å². The number of benzene rings is 1. The average Bonchev–Trinajstić information content (AvgIpc) is 2.20. The third-order valence-electron chi connectivity index (χ3n) is 2.56. The van der Waals surface area contributed by atoms with Gasteiger partial charge >= 0.3 is 0 Å². The molecule has 0 aliphatic rings. The SMILES string of the molecule is Cc1cnccc1-c1ccc(N)cc1C. The molecule has 15 heavy (non-hydrogen) atoms. The number of rotatable bonds is 1. The molecule has 0 spiro atoms. The molecule has 2 N–H and O–H groups in total. The Labute approximate surface area is 89.8 Å². The molecule has 0 amide bonds.